The number of aromatic nitrogens is 3. The van der Waals surface area contributed by atoms with Gasteiger partial charge in [0.25, 0.3) is 0 Å². The van der Waals surface area contributed by atoms with Crippen molar-refractivity contribution in [2.45, 2.75) is 16.8 Å². The molecule has 1 unspecified atom stereocenters. The number of thioether (sulfide) groups is 2. The van der Waals surface area contributed by atoms with Gasteiger partial charge in [-0.2, -0.15) is 11.8 Å². The second kappa shape index (κ2) is 7.28. The SMILES string of the molecule is CSCC(CCO)Nc1ncnc2nc(SC)sc12. The summed E-state index contributed by atoms with van der Waals surface area (Å²) in [5.74, 6) is 1.75. The van der Waals surface area contributed by atoms with Crippen molar-refractivity contribution < 1.29 is 5.11 Å². The van der Waals surface area contributed by atoms with Gasteiger partial charge in [0.2, 0.25) is 0 Å². The number of hydrogen-bond donors (Lipinski definition) is 2. The molecule has 0 radical (unpaired) electrons. The van der Waals surface area contributed by atoms with Crippen LogP contribution in [0.4, 0.5) is 5.82 Å². The lowest BCUT2D eigenvalue weighted by atomic mass is 10.2. The van der Waals surface area contributed by atoms with Crippen molar-refractivity contribution in [2.75, 3.05) is 30.2 Å². The molecule has 8 heteroatoms. The van der Waals surface area contributed by atoms with E-state index in [9.17, 15) is 0 Å². The maximum atomic E-state index is 9.10. The van der Waals surface area contributed by atoms with E-state index in [0.717, 1.165) is 26.3 Å². The van der Waals surface area contributed by atoms with Gasteiger partial charge in [-0.05, 0) is 18.9 Å². The highest BCUT2D eigenvalue weighted by Crippen LogP contribution is 2.31. The topological polar surface area (TPSA) is 70.9 Å². The molecule has 0 amide bonds. The summed E-state index contributed by atoms with van der Waals surface area (Å²) in [4.78, 5) is 12.9. The van der Waals surface area contributed by atoms with E-state index in [0.29, 0.717) is 6.42 Å². The van der Waals surface area contributed by atoms with Crippen LogP contribution in [0.1, 0.15) is 6.42 Å². The Labute approximate surface area is 124 Å². The number of fused-ring (bicyclic) bond motifs is 1. The zero-order valence-corrected chi connectivity index (χ0v) is 13.2. The zero-order chi connectivity index (χ0) is 13.7. The maximum Gasteiger partial charge on any atom is 0.176 e. The number of aliphatic hydroxyl groups excluding tert-OH is 1. The summed E-state index contributed by atoms with van der Waals surface area (Å²) in [7, 11) is 0. The zero-order valence-electron chi connectivity index (χ0n) is 10.8. The van der Waals surface area contributed by atoms with E-state index < -0.39 is 0 Å². The summed E-state index contributed by atoms with van der Waals surface area (Å²) < 4.78 is 1.97. The lowest BCUT2D eigenvalue weighted by molar-refractivity contribution is 0.282. The third-order valence-electron chi connectivity index (χ3n) is 2.53. The summed E-state index contributed by atoms with van der Waals surface area (Å²) in [6.07, 6.45) is 6.30. The van der Waals surface area contributed by atoms with E-state index in [1.165, 1.54) is 6.33 Å². The highest BCUT2D eigenvalue weighted by Gasteiger charge is 2.14. The Kier molecular flexibility index (Phi) is 5.68. The second-order valence-corrected chi connectivity index (χ2v) is 6.83. The van der Waals surface area contributed by atoms with E-state index in [2.05, 4.69) is 26.5 Å². The van der Waals surface area contributed by atoms with Crippen molar-refractivity contribution in [3.05, 3.63) is 6.33 Å². The van der Waals surface area contributed by atoms with Gasteiger partial charge in [0.05, 0.1) is 0 Å². The predicted octanol–water partition coefficient (Wildman–Crippen LogP) is 2.33. The van der Waals surface area contributed by atoms with Gasteiger partial charge in [0.15, 0.2) is 9.99 Å². The Morgan fingerprint density at radius 1 is 1.42 bits per heavy atom. The molecule has 0 saturated heterocycles. The monoisotopic (exact) mass is 316 g/mol. The minimum Gasteiger partial charge on any atom is -0.396 e. The molecule has 1 atom stereocenters. The molecule has 2 aromatic heterocycles. The molecule has 2 aromatic rings. The Balaban J connectivity index is 2.25. The van der Waals surface area contributed by atoms with Crippen molar-refractivity contribution in [2.24, 2.45) is 0 Å². The number of hydrogen-bond acceptors (Lipinski definition) is 8. The van der Waals surface area contributed by atoms with E-state index in [-0.39, 0.29) is 12.6 Å². The first-order valence-corrected chi connectivity index (χ1v) is 9.23. The van der Waals surface area contributed by atoms with Crippen LogP contribution in [0.25, 0.3) is 10.3 Å². The van der Waals surface area contributed by atoms with Crippen LogP contribution in [0.3, 0.4) is 0 Å². The highest BCUT2D eigenvalue weighted by atomic mass is 32.2. The van der Waals surface area contributed by atoms with Gasteiger partial charge in [-0.1, -0.05) is 11.8 Å². The summed E-state index contributed by atoms with van der Waals surface area (Å²) in [6.45, 7) is 0.172. The molecule has 0 aliphatic heterocycles. The summed E-state index contributed by atoms with van der Waals surface area (Å²) in [6, 6.07) is 0.206. The Morgan fingerprint density at radius 2 is 2.26 bits per heavy atom. The van der Waals surface area contributed by atoms with Crippen LogP contribution in [-0.4, -0.2) is 51.0 Å². The molecule has 0 aliphatic rings. The van der Waals surface area contributed by atoms with Crippen LogP contribution in [0, 0.1) is 0 Å². The molecular formula is C11H16N4OS3. The van der Waals surface area contributed by atoms with Crippen LogP contribution in [0.15, 0.2) is 10.7 Å². The summed E-state index contributed by atoms with van der Waals surface area (Å²) in [5.41, 5.74) is 0.735. The van der Waals surface area contributed by atoms with Crippen molar-refractivity contribution in [1.82, 2.24) is 15.0 Å². The molecule has 2 N–H and O–H groups in total. The van der Waals surface area contributed by atoms with E-state index in [1.807, 2.05) is 6.26 Å². The standard InChI is InChI=1S/C11H16N4OS3/c1-17-5-7(3-4-16)14-9-8-10(13-6-12-9)15-11(18-2)19-8/h6-7,16H,3-5H2,1-2H3,(H,12,13,14). The van der Waals surface area contributed by atoms with Crippen LogP contribution in [-0.2, 0) is 0 Å². The lowest BCUT2D eigenvalue weighted by Gasteiger charge is -2.17. The van der Waals surface area contributed by atoms with Gasteiger partial charge < -0.3 is 10.4 Å². The average Bonchev–Trinajstić information content (AvgIpc) is 2.83. The fraction of sp³-hybridized carbons (Fsp3) is 0.545. The molecular weight excluding hydrogens is 300 g/mol. The number of aliphatic hydroxyl groups is 1. The van der Waals surface area contributed by atoms with Crippen LogP contribution >= 0.6 is 34.9 Å². The molecule has 0 spiro atoms. The van der Waals surface area contributed by atoms with E-state index >= 15 is 0 Å². The maximum absolute atomic E-state index is 9.10. The number of nitrogens with zero attached hydrogens (tertiary/aromatic N) is 3. The molecule has 0 bridgehead atoms. The van der Waals surface area contributed by atoms with Crippen molar-refractivity contribution in [1.29, 1.82) is 0 Å². The Morgan fingerprint density at radius 3 is 2.95 bits per heavy atom. The first kappa shape index (κ1) is 14.8. The van der Waals surface area contributed by atoms with E-state index in [4.69, 9.17) is 5.11 Å². The quantitative estimate of drug-likeness (QED) is 0.760. The minimum atomic E-state index is 0.172. The smallest absolute Gasteiger partial charge is 0.176 e. The molecule has 19 heavy (non-hydrogen) atoms. The largest absolute Gasteiger partial charge is 0.396 e. The molecule has 0 aromatic carbocycles. The molecule has 0 saturated carbocycles. The van der Waals surface area contributed by atoms with Gasteiger partial charge in [-0.15, -0.1) is 11.3 Å². The first-order chi connectivity index (χ1) is 9.28. The third kappa shape index (κ3) is 3.71. The van der Waals surface area contributed by atoms with Crippen molar-refractivity contribution in [3.63, 3.8) is 0 Å². The molecule has 5 nitrogen and oxygen atoms in total. The van der Waals surface area contributed by atoms with Crippen molar-refractivity contribution >= 4 is 51.0 Å². The van der Waals surface area contributed by atoms with Gasteiger partial charge >= 0.3 is 0 Å². The molecule has 0 aliphatic carbocycles. The first-order valence-electron chi connectivity index (χ1n) is 5.80. The molecule has 104 valence electrons. The fourth-order valence-electron chi connectivity index (χ4n) is 1.67. The molecule has 2 rings (SSSR count). The van der Waals surface area contributed by atoms with Gasteiger partial charge in [0.1, 0.15) is 16.8 Å². The Hall–Kier alpha value is -0.570. The summed E-state index contributed by atoms with van der Waals surface area (Å²) in [5, 5.41) is 12.5. The lowest BCUT2D eigenvalue weighted by Crippen LogP contribution is -2.24. The van der Waals surface area contributed by atoms with Crippen LogP contribution in [0.2, 0.25) is 0 Å². The number of thiazole rings is 1. The van der Waals surface area contributed by atoms with Gasteiger partial charge in [-0.3, -0.25) is 0 Å². The molecule has 2 heterocycles. The Bertz CT molecular complexity index is 528. The highest BCUT2D eigenvalue weighted by molar-refractivity contribution is 8.00. The average molecular weight is 316 g/mol. The van der Waals surface area contributed by atoms with Crippen LogP contribution < -0.4 is 5.32 Å². The van der Waals surface area contributed by atoms with Gasteiger partial charge in [-0.25, -0.2) is 15.0 Å². The number of anilines is 1. The second-order valence-electron chi connectivity index (χ2n) is 3.87. The predicted molar refractivity (Wildman–Crippen MR) is 84.5 cm³/mol. The van der Waals surface area contributed by atoms with Gasteiger partial charge in [0, 0.05) is 18.4 Å². The van der Waals surface area contributed by atoms with Crippen molar-refractivity contribution in [3.8, 4) is 0 Å². The normalized spacial score (nSPS) is 12.8. The molecule has 0 fully saturated rings. The number of rotatable bonds is 7. The van der Waals surface area contributed by atoms with Crippen LogP contribution in [0.5, 0.6) is 0 Å². The number of nitrogens with one attached hydrogen (secondary N) is 1. The fourth-order valence-corrected chi connectivity index (χ4v) is 3.79. The minimum absolute atomic E-state index is 0.172. The third-order valence-corrected chi connectivity index (χ3v) is 5.30. The van der Waals surface area contributed by atoms with E-state index in [1.54, 1.807) is 34.9 Å². The summed E-state index contributed by atoms with van der Waals surface area (Å²) >= 11 is 4.96.